The fraction of sp³-hybridized carbons (Fsp3) is 0.267. The van der Waals surface area contributed by atoms with Gasteiger partial charge in [0, 0.05) is 26.2 Å². The molecule has 2 nitrogen and oxygen atoms in total. The quantitative estimate of drug-likeness (QED) is 0.735. The summed E-state index contributed by atoms with van der Waals surface area (Å²) in [5.74, 6) is 0.210. The normalized spacial score (nSPS) is 9.59. The Morgan fingerprint density at radius 2 is 1.65 bits per heavy atom. The van der Waals surface area contributed by atoms with Gasteiger partial charge in [0.2, 0.25) is 0 Å². The van der Waals surface area contributed by atoms with Crippen LogP contribution >= 0.6 is 0 Å². The molecule has 0 radical (unpaired) electrons. The van der Waals surface area contributed by atoms with Gasteiger partial charge in [0.05, 0.1) is 0 Å². The Labute approximate surface area is 102 Å². The van der Waals surface area contributed by atoms with E-state index >= 15 is 0 Å². The van der Waals surface area contributed by atoms with Gasteiger partial charge in [-0.2, -0.15) is 0 Å². The number of carbonyl (C=O) groups excluding carboxylic acids is 1. The number of methoxy groups -OCH3 is 1. The number of ketones is 1. The van der Waals surface area contributed by atoms with Crippen LogP contribution in [0.2, 0.25) is 0 Å². The van der Waals surface area contributed by atoms with Crippen molar-refractivity contribution in [2.24, 2.45) is 0 Å². The fourth-order valence-corrected chi connectivity index (χ4v) is 1.66. The van der Waals surface area contributed by atoms with E-state index in [4.69, 9.17) is 0 Å². The van der Waals surface area contributed by atoms with Gasteiger partial charge in [0.1, 0.15) is 0 Å². The maximum Gasteiger partial charge on any atom is 0.163 e. The number of hydrogen-bond donors (Lipinski definition) is 0. The van der Waals surface area contributed by atoms with Gasteiger partial charge in [-0.1, -0.05) is 49.4 Å². The van der Waals surface area contributed by atoms with E-state index in [1.165, 1.54) is 0 Å². The van der Waals surface area contributed by atoms with Crippen molar-refractivity contribution in [3.8, 4) is 0 Å². The number of carbonyl (C=O) groups is 1. The summed E-state index contributed by atoms with van der Waals surface area (Å²) in [6, 6.07) is 13.8. The molecule has 2 aromatic carbocycles. The minimum absolute atomic E-state index is 0.210. The van der Waals surface area contributed by atoms with Crippen LogP contribution in [0.1, 0.15) is 23.7 Å². The minimum atomic E-state index is 0.210. The molecule has 0 saturated carbocycles. The van der Waals surface area contributed by atoms with Crippen molar-refractivity contribution in [3.63, 3.8) is 0 Å². The van der Waals surface area contributed by atoms with Crippen LogP contribution in [0.5, 0.6) is 0 Å². The topological polar surface area (TPSA) is 26.3 Å². The molecule has 90 valence electrons. The van der Waals surface area contributed by atoms with Gasteiger partial charge < -0.3 is 4.74 Å². The zero-order valence-corrected chi connectivity index (χ0v) is 10.6. The van der Waals surface area contributed by atoms with Gasteiger partial charge >= 0.3 is 0 Å². The van der Waals surface area contributed by atoms with E-state index in [2.05, 4.69) is 4.74 Å². The van der Waals surface area contributed by atoms with Gasteiger partial charge in [-0.25, -0.2) is 0 Å². The second-order valence-corrected chi connectivity index (χ2v) is 3.71. The summed E-state index contributed by atoms with van der Waals surface area (Å²) >= 11 is 0. The van der Waals surface area contributed by atoms with Crippen molar-refractivity contribution < 1.29 is 9.53 Å². The van der Waals surface area contributed by atoms with Crippen molar-refractivity contribution in [2.75, 3.05) is 14.2 Å². The highest BCUT2D eigenvalue weighted by Gasteiger charge is 2.06. The van der Waals surface area contributed by atoms with E-state index in [0.29, 0.717) is 6.42 Å². The van der Waals surface area contributed by atoms with Crippen LogP contribution in [0.4, 0.5) is 0 Å². The molecule has 0 atom stereocenters. The van der Waals surface area contributed by atoms with Crippen LogP contribution < -0.4 is 0 Å². The van der Waals surface area contributed by atoms with E-state index in [1.807, 2.05) is 49.4 Å². The van der Waals surface area contributed by atoms with E-state index in [0.717, 1.165) is 16.3 Å². The summed E-state index contributed by atoms with van der Waals surface area (Å²) in [6.45, 7) is 1.89. The summed E-state index contributed by atoms with van der Waals surface area (Å²) in [5, 5.41) is 2.19. The molecule has 0 aliphatic rings. The molecule has 0 N–H and O–H groups in total. The lowest BCUT2D eigenvalue weighted by Crippen LogP contribution is -1.96. The second-order valence-electron chi connectivity index (χ2n) is 3.71. The molecule has 0 fully saturated rings. The number of rotatable bonds is 2. The molecule has 0 aliphatic heterocycles. The summed E-state index contributed by atoms with van der Waals surface area (Å²) in [4.78, 5) is 11.6. The lowest BCUT2D eigenvalue weighted by molar-refractivity contribution is 0.0990. The minimum Gasteiger partial charge on any atom is -0.388 e. The number of Topliss-reactive ketones (excluding diaryl/α,β-unsaturated/α-hetero) is 1. The number of benzene rings is 2. The largest absolute Gasteiger partial charge is 0.388 e. The molecule has 0 unspecified atom stereocenters. The van der Waals surface area contributed by atoms with Crippen LogP contribution in [-0.2, 0) is 4.74 Å². The third-order valence-corrected chi connectivity index (χ3v) is 2.41. The highest BCUT2D eigenvalue weighted by atomic mass is 16.4. The van der Waals surface area contributed by atoms with Gasteiger partial charge in [0.25, 0.3) is 0 Å². The van der Waals surface area contributed by atoms with Crippen LogP contribution in [0.15, 0.2) is 42.5 Å². The molecule has 0 bridgehead atoms. The Hall–Kier alpha value is -1.67. The average molecular weight is 230 g/mol. The first kappa shape index (κ1) is 13.4. The van der Waals surface area contributed by atoms with Crippen LogP contribution in [0, 0.1) is 0 Å². The molecule has 2 aromatic rings. The highest BCUT2D eigenvalue weighted by Crippen LogP contribution is 2.19. The predicted octanol–water partition coefficient (Wildman–Crippen LogP) is 3.70. The van der Waals surface area contributed by atoms with Gasteiger partial charge in [-0.15, -0.1) is 0 Å². The summed E-state index contributed by atoms with van der Waals surface area (Å²) < 4.78 is 4.25. The first-order chi connectivity index (χ1) is 8.24. The molecule has 0 spiro atoms. The number of fused-ring (bicyclic) bond motifs is 1. The standard InChI is InChI=1S/C13H12O.C2H6O/c1-2-13(14)12-9-5-7-10-6-3-4-8-11(10)12;1-3-2/h3-9H,2H2,1H3;1-2H3. The Kier molecular flexibility index (Phi) is 5.37. The molecule has 2 rings (SSSR count). The average Bonchev–Trinajstić information content (AvgIpc) is 2.38. The van der Waals surface area contributed by atoms with Crippen molar-refractivity contribution in [1.29, 1.82) is 0 Å². The molecular weight excluding hydrogens is 212 g/mol. The SMILES string of the molecule is CCC(=O)c1cccc2ccccc12.COC. The Balaban J connectivity index is 0.000000437. The van der Waals surface area contributed by atoms with Gasteiger partial charge in [-0.3, -0.25) is 4.79 Å². The van der Waals surface area contributed by atoms with Gasteiger partial charge in [0.15, 0.2) is 5.78 Å². The molecule has 17 heavy (non-hydrogen) atoms. The van der Waals surface area contributed by atoms with E-state index in [1.54, 1.807) is 14.2 Å². The third-order valence-electron chi connectivity index (χ3n) is 2.41. The van der Waals surface area contributed by atoms with E-state index in [-0.39, 0.29) is 5.78 Å². The smallest absolute Gasteiger partial charge is 0.163 e. The highest BCUT2D eigenvalue weighted by molar-refractivity contribution is 6.07. The molecule has 0 amide bonds. The van der Waals surface area contributed by atoms with Crippen molar-refractivity contribution in [1.82, 2.24) is 0 Å². The predicted molar refractivity (Wildman–Crippen MR) is 71.5 cm³/mol. The Morgan fingerprint density at radius 1 is 1.06 bits per heavy atom. The Bertz CT molecular complexity index is 484. The lowest BCUT2D eigenvalue weighted by Gasteiger charge is -2.03. The lowest BCUT2D eigenvalue weighted by atomic mass is 10.0. The first-order valence-electron chi connectivity index (χ1n) is 5.65. The Morgan fingerprint density at radius 3 is 2.29 bits per heavy atom. The van der Waals surface area contributed by atoms with Crippen molar-refractivity contribution in [2.45, 2.75) is 13.3 Å². The zero-order chi connectivity index (χ0) is 12.7. The molecule has 0 aromatic heterocycles. The van der Waals surface area contributed by atoms with Crippen LogP contribution in [0.25, 0.3) is 10.8 Å². The fourth-order valence-electron chi connectivity index (χ4n) is 1.66. The first-order valence-corrected chi connectivity index (χ1v) is 5.65. The zero-order valence-electron chi connectivity index (χ0n) is 10.6. The second kappa shape index (κ2) is 6.81. The third kappa shape index (κ3) is 3.40. The number of hydrogen-bond acceptors (Lipinski definition) is 2. The van der Waals surface area contributed by atoms with Crippen LogP contribution in [-0.4, -0.2) is 20.0 Å². The van der Waals surface area contributed by atoms with Crippen molar-refractivity contribution in [3.05, 3.63) is 48.0 Å². The number of ether oxygens (including phenoxy) is 1. The molecule has 2 heteroatoms. The van der Waals surface area contributed by atoms with Crippen molar-refractivity contribution >= 4 is 16.6 Å². The van der Waals surface area contributed by atoms with E-state index < -0.39 is 0 Å². The maximum absolute atomic E-state index is 11.6. The molecule has 0 saturated heterocycles. The maximum atomic E-state index is 11.6. The molecule has 0 heterocycles. The summed E-state index contributed by atoms with van der Waals surface area (Å²) in [6.07, 6.45) is 0.563. The monoisotopic (exact) mass is 230 g/mol. The van der Waals surface area contributed by atoms with E-state index in [9.17, 15) is 4.79 Å². The van der Waals surface area contributed by atoms with Crippen LogP contribution in [0.3, 0.4) is 0 Å². The summed E-state index contributed by atoms with van der Waals surface area (Å²) in [5.41, 5.74) is 0.839. The molecule has 0 aliphatic carbocycles. The summed E-state index contributed by atoms with van der Waals surface area (Å²) in [7, 11) is 3.25. The molecular formula is C15H18O2. The van der Waals surface area contributed by atoms with Gasteiger partial charge in [-0.05, 0) is 10.8 Å².